The molecule has 1 N–H and O–H groups in total. The van der Waals surface area contributed by atoms with E-state index in [1.54, 1.807) is 7.05 Å². The third-order valence-electron chi connectivity index (χ3n) is 3.83. The van der Waals surface area contributed by atoms with E-state index < -0.39 is 12.7 Å². The topological polar surface area (TPSA) is 15.3 Å². The lowest BCUT2D eigenvalue weighted by Gasteiger charge is -2.25. The molecular weight excluding hydrogens is 217 g/mol. The Labute approximate surface area is 94.2 Å². The summed E-state index contributed by atoms with van der Waals surface area (Å²) in [6.45, 7) is 0.707. The first kappa shape index (κ1) is 12.2. The van der Waals surface area contributed by atoms with Crippen molar-refractivity contribution in [3.63, 3.8) is 0 Å². The lowest BCUT2D eigenvalue weighted by molar-refractivity contribution is -0.143. The van der Waals surface area contributed by atoms with Gasteiger partial charge in [0.05, 0.1) is 6.54 Å². The van der Waals surface area contributed by atoms with Crippen LogP contribution in [-0.4, -0.2) is 43.8 Å². The van der Waals surface area contributed by atoms with Gasteiger partial charge in [0.1, 0.15) is 0 Å². The van der Waals surface area contributed by atoms with E-state index in [9.17, 15) is 13.2 Å². The van der Waals surface area contributed by atoms with Gasteiger partial charge in [0.25, 0.3) is 0 Å². The Bertz CT molecular complexity index is 242. The summed E-state index contributed by atoms with van der Waals surface area (Å²) in [7, 11) is 1.55. The van der Waals surface area contributed by atoms with Crippen LogP contribution in [0.25, 0.3) is 0 Å². The monoisotopic (exact) mass is 236 g/mol. The molecule has 2 rings (SSSR count). The molecule has 1 saturated carbocycles. The van der Waals surface area contributed by atoms with Crippen LogP contribution in [0.3, 0.4) is 0 Å². The van der Waals surface area contributed by atoms with E-state index in [0.717, 1.165) is 6.54 Å². The number of rotatable bonds is 3. The number of halogens is 3. The van der Waals surface area contributed by atoms with Crippen LogP contribution < -0.4 is 5.32 Å². The molecule has 3 atom stereocenters. The average Bonchev–Trinajstić information content (AvgIpc) is 2.66. The Kier molecular flexibility index (Phi) is 3.45. The highest BCUT2D eigenvalue weighted by atomic mass is 19.4. The van der Waals surface area contributed by atoms with Crippen molar-refractivity contribution >= 4 is 0 Å². The van der Waals surface area contributed by atoms with Gasteiger partial charge in [-0.15, -0.1) is 0 Å². The van der Waals surface area contributed by atoms with Crippen LogP contribution in [0, 0.1) is 11.8 Å². The standard InChI is InChI=1S/C11H19F3N2/c1-16(7-11(12,13)14)6-10-9-4-2-3-8(9)5-15-10/h8-10,15H,2-7H2,1H3. The molecule has 2 aliphatic rings. The molecule has 2 nitrogen and oxygen atoms in total. The third-order valence-corrected chi connectivity index (χ3v) is 3.83. The van der Waals surface area contributed by atoms with Crippen LogP contribution in [0.5, 0.6) is 0 Å². The van der Waals surface area contributed by atoms with Crippen LogP contribution in [0.1, 0.15) is 19.3 Å². The van der Waals surface area contributed by atoms with Crippen LogP contribution in [-0.2, 0) is 0 Å². The van der Waals surface area contributed by atoms with Gasteiger partial charge in [0, 0.05) is 12.6 Å². The molecule has 3 unspecified atom stereocenters. The van der Waals surface area contributed by atoms with Crippen molar-refractivity contribution in [1.29, 1.82) is 0 Å². The molecule has 0 amide bonds. The molecule has 94 valence electrons. The van der Waals surface area contributed by atoms with E-state index >= 15 is 0 Å². The Morgan fingerprint density at radius 2 is 2.06 bits per heavy atom. The van der Waals surface area contributed by atoms with Crippen LogP contribution >= 0.6 is 0 Å². The van der Waals surface area contributed by atoms with Gasteiger partial charge in [0.15, 0.2) is 0 Å². The van der Waals surface area contributed by atoms with Crippen molar-refractivity contribution < 1.29 is 13.2 Å². The maximum atomic E-state index is 12.2. The zero-order valence-electron chi connectivity index (χ0n) is 9.56. The van der Waals surface area contributed by atoms with E-state index in [1.165, 1.54) is 24.2 Å². The lowest BCUT2D eigenvalue weighted by Crippen LogP contribution is -2.42. The smallest absolute Gasteiger partial charge is 0.312 e. The van der Waals surface area contributed by atoms with E-state index in [-0.39, 0.29) is 6.04 Å². The predicted molar refractivity (Wildman–Crippen MR) is 56.2 cm³/mol. The van der Waals surface area contributed by atoms with Gasteiger partial charge in [0.2, 0.25) is 0 Å². The second-order valence-electron chi connectivity index (χ2n) is 5.18. The molecular formula is C11H19F3N2. The Balaban J connectivity index is 1.81. The molecule has 5 heteroatoms. The summed E-state index contributed by atoms with van der Waals surface area (Å²) < 4.78 is 36.6. The van der Waals surface area contributed by atoms with Gasteiger partial charge >= 0.3 is 6.18 Å². The van der Waals surface area contributed by atoms with E-state index in [0.29, 0.717) is 18.4 Å². The van der Waals surface area contributed by atoms with Crippen molar-refractivity contribution in [3.8, 4) is 0 Å². The van der Waals surface area contributed by atoms with Crippen molar-refractivity contribution in [1.82, 2.24) is 10.2 Å². The summed E-state index contributed by atoms with van der Waals surface area (Å²) in [5, 5.41) is 3.37. The second kappa shape index (κ2) is 4.53. The highest BCUT2D eigenvalue weighted by Crippen LogP contribution is 2.37. The summed E-state index contributed by atoms with van der Waals surface area (Å²) >= 11 is 0. The largest absolute Gasteiger partial charge is 0.401 e. The summed E-state index contributed by atoms with van der Waals surface area (Å²) in [6.07, 6.45) is -0.404. The van der Waals surface area contributed by atoms with Gasteiger partial charge in [-0.25, -0.2) is 0 Å². The third kappa shape index (κ3) is 2.88. The molecule has 1 aliphatic heterocycles. The fourth-order valence-corrected chi connectivity index (χ4v) is 3.21. The van der Waals surface area contributed by atoms with E-state index in [1.807, 2.05) is 0 Å². The number of likely N-dealkylation sites (N-methyl/N-ethyl adjacent to an activating group) is 1. The van der Waals surface area contributed by atoms with Gasteiger partial charge in [-0.3, -0.25) is 4.90 Å². The van der Waals surface area contributed by atoms with Crippen molar-refractivity contribution in [3.05, 3.63) is 0 Å². The number of fused-ring (bicyclic) bond motifs is 1. The van der Waals surface area contributed by atoms with Crippen LogP contribution in [0.4, 0.5) is 13.2 Å². The molecule has 16 heavy (non-hydrogen) atoms. The zero-order chi connectivity index (χ0) is 11.8. The lowest BCUT2D eigenvalue weighted by atomic mass is 9.94. The molecule has 0 spiro atoms. The molecule has 0 aromatic heterocycles. The highest BCUT2D eigenvalue weighted by Gasteiger charge is 2.40. The summed E-state index contributed by atoms with van der Waals surface area (Å²) in [4.78, 5) is 1.39. The second-order valence-corrected chi connectivity index (χ2v) is 5.18. The van der Waals surface area contributed by atoms with Gasteiger partial charge in [-0.2, -0.15) is 13.2 Å². The summed E-state index contributed by atoms with van der Waals surface area (Å²) in [5.74, 6) is 1.32. The van der Waals surface area contributed by atoms with E-state index in [4.69, 9.17) is 0 Å². The average molecular weight is 236 g/mol. The normalized spacial score (nSPS) is 34.7. The maximum absolute atomic E-state index is 12.2. The van der Waals surface area contributed by atoms with Crippen molar-refractivity contribution in [2.75, 3.05) is 26.7 Å². The van der Waals surface area contributed by atoms with Crippen LogP contribution in [0.15, 0.2) is 0 Å². The first-order chi connectivity index (χ1) is 7.46. The molecule has 2 fully saturated rings. The minimum Gasteiger partial charge on any atom is -0.312 e. The minimum absolute atomic E-state index is 0.264. The quantitative estimate of drug-likeness (QED) is 0.804. The van der Waals surface area contributed by atoms with Gasteiger partial charge in [-0.05, 0) is 38.3 Å². The SMILES string of the molecule is CN(CC1NCC2CCCC21)CC(F)(F)F. The zero-order valence-corrected chi connectivity index (χ0v) is 9.56. The molecule has 0 bridgehead atoms. The molecule has 0 aromatic carbocycles. The number of nitrogens with one attached hydrogen (secondary N) is 1. The molecule has 1 aliphatic carbocycles. The first-order valence-electron chi connectivity index (χ1n) is 5.94. The number of nitrogens with zero attached hydrogens (tertiary/aromatic N) is 1. The molecule has 0 aromatic rings. The molecule has 1 heterocycles. The molecule has 1 saturated heterocycles. The summed E-state index contributed by atoms with van der Waals surface area (Å²) in [5.41, 5.74) is 0. The first-order valence-corrected chi connectivity index (χ1v) is 5.94. The fraction of sp³-hybridized carbons (Fsp3) is 1.00. The summed E-state index contributed by atoms with van der Waals surface area (Å²) in [6, 6.07) is 0.264. The number of hydrogen-bond acceptors (Lipinski definition) is 2. The fourth-order valence-electron chi connectivity index (χ4n) is 3.21. The Morgan fingerprint density at radius 3 is 2.75 bits per heavy atom. The Hall–Kier alpha value is -0.290. The van der Waals surface area contributed by atoms with Crippen LogP contribution in [0.2, 0.25) is 0 Å². The highest BCUT2D eigenvalue weighted by molar-refractivity contribution is 4.95. The van der Waals surface area contributed by atoms with E-state index in [2.05, 4.69) is 5.32 Å². The number of alkyl halides is 3. The predicted octanol–water partition coefficient (Wildman–Crippen LogP) is 1.87. The van der Waals surface area contributed by atoms with Gasteiger partial charge in [-0.1, -0.05) is 6.42 Å². The van der Waals surface area contributed by atoms with Crippen molar-refractivity contribution in [2.24, 2.45) is 11.8 Å². The van der Waals surface area contributed by atoms with Gasteiger partial charge < -0.3 is 5.32 Å². The minimum atomic E-state index is -4.08. The molecule has 0 radical (unpaired) electrons. The maximum Gasteiger partial charge on any atom is 0.401 e. The van der Waals surface area contributed by atoms with Crippen molar-refractivity contribution in [2.45, 2.75) is 31.5 Å². The number of hydrogen-bond donors (Lipinski definition) is 1. The Morgan fingerprint density at radius 1 is 1.31 bits per heavy atom.